The largest absolute Gasteiger partial charge is 0.497 e. The first-order valence-electron chi connectivity index (χ1n) is 10.2. The van der Waals surface area contributed by atoms with E-state index in [2.05, 4.69) is 10.8 Å². The maximum atomic E-state index is 11.6. The van der Waals surface area contributed by atoms with Crippen molar-refractivity contribution in [3.05, 3.63) is 89.5 Å². The zero-order valence-electron chi connectivity index (χ0n) is 17.7. The van der Waals surface area contributed by atoms with E-state index < -0.39 is 10.0 Å². The molecule has 1 N–H and O–H groups in total. The van der Waals surface area contributed by atoms with Crippen molar-refractivity contribution in [2.45, 2.75) is 18.7 Å². The van der Waals surface area contributed by atoms with Crippen LogP contribution in [0.3, 0.4) is 0 Å². The maximum absolute atomic E-state index is 11.6. The molecule has 164 valence electrons. The van der Waals surface area contributed by atoms with Gasteiger partial charge in [0, 0.05) is 23.2 Å². The number of para-hydroxylation sites is 1. The first kappa shape index (κ1) is 20.4. The van der Waals surface area contributed by atoms with E-state index in [9.17, 15) is 8.42 Å². The highest BCUT2D eigenvalue weighted by atomic mass is 32.2. The number of benzene rings is 3. The molecule has 0 bridgehead atoms. The van der Waals surface area contributed by atoms with Gasteiger partial charge in [-0.15, -0.1) is 0 Å². The Balaban J connectivity index is 1.53. The molecule has 5 rings (SSSR count). The molecule has 0 aromatic heterocycles. The number of ether oxygens (including phenoxy) is 2. The molecule has 0 unspecified atom stereocenters. The Labute approximate surface area is 187 Å². The number of nitrogens with one attached hydrogen (secondary N) is 1. The summed E-state index contributed by atoms with van der Waals surface area (Å²) in [6.45, 7) is 0. The molecule has 8 heteroatoms. The van der Waals surface area contributed by atoms with Gasteiger partial charge in [-0.25, -0.2) is 13.4 Å². The van der Waals surface area contributed by atoms with Gasteiger partial charge in [-0.05, 0) is 48.0 Å². The smallest absolute Gasteiger partial charge is 0.229 e. The van der Waals surface area contributed by atoms with Crippen LogP contribution < -0.4 is 14.2 Å². The van der Waals surface area contributed by atoms with Gasteiger partial charge in [0.15, 0.2) is 0 Å². The molecular weight excluding hydrogens is 426 g/mol. The van der Waals surface area contributed by atoms with Crippen molar-refractivity contribution in [2.75, 3.05) is 18.1 Å². The van der Waals surface area contributed by atoms with Crippen molar-refractivity contribution in [3.63, 3.8) is 0 Å². The quantitative estimate of drug-likeness (QED) is 0.628. The Morgan fingerprint density at radius 1 is 1.06 bits per heavy atom. The summed E-state index contributed by atoms with van der Waals surface area (Å²) in [4.78, 5) is 0. The molecule has 32 heavy (non-hydrogen) atoms. The highest BCUT2D eigenvalue weighted by Crippen LogP contribution is 2.47. The van der Waals surface area contributed by atoms with Gasteiger partial charge < -0.3 is 9.47 Å². The number of methoxy groups -OCH3 is 1. The second kappa shape index (κ2) is 7.87. The third-order valence-corrected chi connectivity index (χ3v) is 6.21. The molecule has 2 aliphatic rings. The summed E-state index contributed by atoms with van der Waals surface area (Å²) in [5.74, 6) is 1.63. The van der Waals surface area contributed by atoms with E-state index in [1.165, 1.54) is 0 Å². The van der Waals surface area contributed by atoms with Gasteiger partial charge in [0.25, 0.3) is 0 Å². The summed E-state index contributed by atoms with van der Waals surface area (Å²) >= 11 is 0. The van der Waals surface area contributed by atoms with Gasteiger partial charge in [0.2, 0.25) is 16.3 Å². The zero-order valence-corrected chi connectivity index (χ0v) is 18.5. The van der Waals surface area contributed by atoms with Crippen molar-refractivity contribution >= 4 is 21.4 Å². The second-order valence-electron chi connectivity index (χ2n) is 7.88. The van der Waals surface area contributed by atoms with Crippen molar-refractivity contribution < 1.29 is 17.9 Å². The minimum Gasteiger partial charge on any atom is -0.497 e. The average Bonchev–Trinajstić information content (AvgIpc) is 3.24. The monoisotopic (exact) mass is 449 g/mol. The lowest BCUT2D eigenvalue weighted by molar-refractivity contribution is -0.0190. The van der Waals surface area contributed by atoms with Crippen LogP contribution in [0, 0.1) is 0 Å². The molecule has 0 fully saturated rings. The summed E-state index contributed by atoms with van der Waals surface area (Å²) in [5, 5.41) is 6.93. The molecule has 3 aromatic carbocycles. The molecule has 3 aromatic rings. The molecule has 2 heterocycles. The number of hydrogen-bond donors (Lipinski definition) is 1. The SMILES string of the molecule is COc1ccc([C@H]2Oc3ccccc3[C@H]3CC(c4cccc(NS(C)(=O)=O)c4)=NN32)cc1. The first-order valence-corrected chi connectivity index (χ1v) is 12.1. The number of fused-ring (bicyclic) bond motifs is 3. The summed E-state index contributed by atoms with van der Waals surface area (Å²) in [6, 6.07) is 23.2. The molecule has 7 nitrogen and oxygen atoms in total. The van der Waals surface area contributed by atoms with Crippen LogP contribution in [0.2, 0.25) is 0 Å². The van der Waals surface area contributed by atoms with E-state index in [4.69, 9.17) is 14.6 Å². The standard InChI is InChI=1S/C24H23N3O4S/c1-30-19-12-10-16(11-13-19)24-27-22(20-8-3-4-9-23(20)31-24)15-21(25-27)17-6-5-7-18(14-17)26-32(2,28)29/h3-14,22,24,26H,15H2,1-2H3/t22-,24-/m1/s1. The molecule has 0 spiro atoms. The lowest BCUT2D eigenvalue weighted by Gasteiger charge is -2.38. The zero-order chi connectivity index (χ0) is 22.3. The first-order chi connectivity index (χ1) is 15.4. The fourth-order valence-electron chi connectivity index (χ4n) is 4.17. The third kappa shape index (κ3) is 3.89. The molecule has 2 atom stereocenters. The second-order valence-corrected chi connectivity index (χ2v) is 9.63. The van der Waals surface area contributed by atoms with Crippen molar-refractivity contribution in [3.8, 4) is 11.5 Å². The molecule has 2 aliphatic heterocycles. The highest BCUT2D eigenvalue weighted by molar-refractivity contribution is 7.92. The van der Waals surface area contributed by atoms with Crippen LogP contribution in [-0.2, 0) is 10.0 Å². The van der Waals surface area contributed by atoms with Crippen molar-refractivity contribution in [2.24, 2.45) is 5.10 Å². The number of hydrogen-bond acceptors (Lipinski definition) is 6. The number of nitrogens with zero attached hydrogens (tertiary/aromatic N) is 2. The number of anilines is 1. The molecular formula is C24H23N3O4S. The lowest BCUT2D eigenvalue weighted by Crippen LogP contribution is -2.33. The molecule has 0 saturated carbocycles. The predicted molar refractivity (Wildman–Crippen MR) is 123 cm³/mol. The normalized spacial score (nSPS) is 19.4. The summed E-state index contributed by atoms with van der Waals surface area (Å²) < 4.78 is 37.5. The summed E-state index contributed by atoms with van der Waals surface area (Å²) in [6.07, 6.45) is 1.45. The lowest BCUT2D eigenvalue weighted by atomic mass is 9.96. The van der Waals surface area contributed by atoms with Crippen molar-refractivity contribution in [1.29, 1.82) is 0 Å². The number of hydrazone groups is 1. The van der Waals surface area contributed by atoms with Gasteiger partial charge in [0.1, 0.15) is 11.5 Å². The van der Waals surface area contributed by atoms with Gasteiger partial charge in [-0.1, -0.05) is 30.3 Å². The van der Waals surface area contributed by atoms with Crippen LogP contribution in [0.15, 0.2) is 77.9 Å². The van der Waals surface area contributed by atoms with Gasteiger partial charge in [-0.2, -0.15) is 5.10 Å². The molecule has 0 saturated heterocycles. The Bertz CT molecular complexity index is 1290. The number of rotatable bonds is 5. The van der Waals surface area contributed by atoms with Crippen LogP contribution in [0.5, 0.6) is 11.5 Å². The van der Waals surface area contributed by atoms with E-state index in [1.54, 1.807) is 13.2 Å². The Hall–Kier alpha value is -3.52. The summed E-state index contributed by atoms with van der Waals surface area (Å²) in [5.41, 5.74) is 4.33. The highest BCUT2D eigenvalue weighted by Gasteiger charge is 2.40. The Morgan fingerprint density at radius 3 is 2.59 bits per heavy atom. The fraction of sp³-hybridized carbons (Fsp3) is 0.208. The van der Waals surface area contributed by atoms with E-state index in [1.807, 2.05) is 65.7 Å². The topological polar surface area (TPSA) is 80.2 Å². The van der Waals surface area contributed by atoms with Crippen LogP contribution >= 0.6 is 0 Å². The Morgan fingerprint density at radius 2 is 1.84 bits per heavy atom. The number of sulfonamides is 1. The predicted octanol–water partition coefficient (Wildman–Crippen LogP) is 4.31. The fourth-order valence-corrected chi connectivity index (χ4v) is 4.73. The van der Waals surface area contributed by atoms with Crippen LogP contribution in [0.25, 0.3) is 0 Å². The van der Waals surface area contributed by atoms with Crippen molar-refractivity contribution in [1.82, 2.24) is 5.01 Å². The molecule has 0 radical (unpaired) electrons. The minimum atomic E-state index is -3.36. The Kier molecular flexibility index (Phi) is 5.01. The van der Waals surface area contributed by atoms with Crippen LogP contribution in [0.4, 0.5) is 5.69 Å². The van der Waals surface area contributed by atoms with E-state index in [-0.39, 0.29) is 12.3 Å². The third-order valence-electron chi connectivity index (χ3n) is 5.60. The average molecular weight is 450 g/mol. The van der Waals surface area contributed by atoms with E-state index in [0.29, 0.717) is 12.1 Å². The van der Waals surface area contributed by atoms with E-state index in [0.717, 1.165) is 40.2 Å². The molecule has 0 aliphatic carbocycles. The van der Waals surface area contributed by atoms with Gasteiger partial charge >= 0.3 is 0 Å². The maximum Gasteiger partial charge on any atom is 0.229 e. The minimum absolute atomic E-state index is 0.0218. The van der Waals surface area contributed by atoms with E-state index >= 15 is 0 Å². The van der Waals surface area contributed by atoms with Gasteiger partial charge in [0.05, 0.1) is 25.1 Å². The van der Waals surface area contributed by atoms with Crippen LogP contribution in [-0.4, -0.2) is 32.5 Å². The molecule has 0 amide bonds. The van der Waals surface area contributed by atoms with Gasteiger partial charge in [-0.3, -0.25) is 4.72 Å². The summed E-state index contributed by atoms with van der Waals surface area (Å²) in [7, 11) is -1.72. The van der Waals surface area contributed by atoms with Crippen LogP contribution in [0.1, 0.15) is 35.4 Å².